The Hall–Kier alpha value is -0.920. The van der Waals surface area contributed by atoms with Crippen molar-refractivity contribution >= 4 is 12.1 Å². The van der Waals surface area contributed by atoms with E-state index in [1.165, 1.54) is 6.92 Å². The lowest BCUT2D eigenvalue weighted by Crippen LogP contribution is -1.96. The molecule has 0 fully saturated rings. The van der Waals surface area contributed by atoms with Crippen LogP contribution in [0.4, 0.5) is 0 Å². The minimum Gasteiger partial charge on any atom is -0.298 e. The molecule has 0 saturated heterocycles. The van der Waals surface area contributed by atoms with E-state index in [0.717, 1.165) is 6.42 Å². The number of carbonyl (C=O) groups excluding carboxylic acids is 2. The molecule has 2 nitrogen and oxygen atoms in total. The number of rotatable bonds is 3. The molecule has 0 bridgehead atoms. The van der Waals surface area contributed by atoms with Crippen LogP contribution in [0.5, 0.6) is 0 Å². The van der Waals surface area contributed by atoms with Gasteiger partial charge in [-0.1, -0.05) is 13.0 Å². The van der Waals surface area contributed by atoms with Crippen molar-refractivity contribution in [2.45, 2.75) is 20.3 Å². The number of hydrogen-bond donors (Lipinski definition) is 0. The molecular weight excluding hydrogens is 116 g/mol. The van der Waals surface area contributed by atoms with Crippen LogP contribution in [0.3, 0.4) is 0 Å². The fourth-order valence-electron chi connectivity index (χ4n) is 0.495. The van der Waals surface area contributed by atoms with Crippen molar-refractivity contribution in [2.24, 2.45) is 0 Å². The van der Waals surface area contributed by atoms with Crippen molar-refractivity contribution in [3.63, 3.8) is 0 Å². The molecule has 0 spiro atoms. The first-order valence-electron chi connectivity index (χ1n) is 2.88. The molecule has 0 rings (SSSR count). The van der Waals surface area contributed by atoms with E-state index in [1.54, 1.807) is 6.08 Å². The van der Waals surface area contributed by atoms with Crippen LogP contribution in [-0.4, -0.2) is 12.1 Å². The maximum Gasteiger partial charge on any atom is 0.162 e. The smallest absolute Gasteiger partial charge is 0.162 e. The largest absolute Gasteiger partial charge is 0.298 e. The molecule has 0 aromatic rings. The molecule has 0 aliphatic heterocycles. The fourth-order valence-corrected chi connectivity index (χ4v) is 0.495. The van der Waals surface area contributed by atoms with Gasteiger partial charge in [0.15, 0.2) is 12.1 Å². The molecule has 0 aliphatic carbocycles. The molecule has 0 amide bonds. The number of Topliss-reactive ketones (excluding diaryl/α,β-unsaturated/α-hetero) is 1. The molecule has 2 heteroatoms. The Bertz CT molecular complexity index is 145. The summed E-state index contributed by atoms with van der Waals surface area (Å²) in [5.41, 5.74) is 0.275. The van der Waals surface area contributed by atoms with E-state index in [9.17, 15) is 9.59 Å². The zero-order chi connectivity index (χ0) is 7.28. The highest BCUT2D eigenvalue weighted by Gasteiger charge is 1.97. The predicted octanol–water partition coefficient (Wildman–Crippen LogP) is 1.11. The van der Waals surface area contributed by atoms with Crippen LogP contribution in [0, 0.1) is 0 Å². The molecule has 9 heavy (non-hydrogen) atoms. The number of ketones is 1. The average Bonchev–Trinajstić information content (AvgIpc) is 1.82. The second-order valence-corrected chi connectivity index (χ2v) is 1.74. The van der Waals surface area contributed by atoms with Gasteiger partial charge < -0.3 is 0 Å². The van der Waals surface area contributed by atoms with Gasteiger partial charge in [-0.15, -0.1) is 0 Å². The number of carbonyl (C=O) groups is 2. The van der Waals surface area contributed by atoms with Crippen molar-refractivity contribution in [2.75, 3.05) is 0 Å². The summed E-state index contributed by atoms with van der Waals surface area (Å²) < 4.78 is 0. The number of allylic oxidation sites excluding steroid dienone is 2. The Morgan fingerprint density at radius 2 is 2.11 bits per heavy atom. The van der Waals surface area contributed by atoms with Gasteiger partial charge in [-0.2, -0.15) is 0 Å². The molecule has 0 heterocycles. The monoisotopic (exact) mass is 126 g/mol. The van der Waals surface area contributed by atoms with Crippen molar-refractivity contribution in [1.29, 1.82) is 0 Å². The third-order valence-electron chi connectivity index (χ3n) is 0.958. The Balaban J connectivity index is 4.14. The summed E-state index contributed by atoms with van der Waals surface area (Å²) in [5.74, 6) is -0.160. The van der Waals surface area contributed by atoms with Crippen LogP contribution in [-0.2, 0) is 9.59 Å². The summed E-state index contributed by atoms with van der Waals surface area (Å²) in [5, 5.41) is 0. The Morgan fingerprint density at radius 3 is 2.22 bits per heavy atom. The lowest BCUT2D eigenvalue weighted by atomic mass is 10.2. The van der Waals surface area contributed by atoms with Gasteiger partial charge in [0.2, 0.25) is 0 Å². The van der Waals surface area contributed by atoms with Crippen LogP contribution in [0.15, 0.2) is 11.6 Å². The predicted molar refractivity (Wildman–Crippen MR) is 35.1 cm³/mol. The fraction of sp³-hybridized carbons (Fsp3) is 0.429. The van der Waals surface area contributed by atoms with Gasteiger partial charge in [0.05, 0.1) is 5.57 Å². The highest BCUT2D eigenvalue weighted by atomic mass is 16.1. The standard InChI is InChI=1S/C7H10O2/c1-3-4-7(5-8)6(2)9/h4-5H,3H2,1-2H3. The van der Waals surface area contributed by atoms with Gasteiger partial charge in [-0.25, -0.2) is 0 Å². The van der Waals surface area contributed by atoms with Crippen molar-refractivity contribution in [1.82, 2.24) is 0 Å². The molecule has 50 valence electrons. The first-order valence-corrected chi connectivity index (χ1v) is 2.88. The van der Waals surface area contributed by atoms with Gasteiger partial charge in [0, 0.05) is 0 Å². The van der Waals surface area contributed by atoms with Crippen molar-refractivity contribution in [3.05, 3.63) is 11.6 Å². The van der Waals surface area contributed by atoms with Gasteiger partial charge in [0.25, 0.3) is 0 Å². The average molecular weight is 126 g/mol. The molecule has 0 aromatic carbocycles. The van der Waals surface area contributed by atoms with E-state index in [0.29, 0.717) is 6.29 Å². The summed E-state index contributed by atoms with van der Waals surface area (Å²) >= 11 is 0. The molecule has 0 aromatic heterocycles. The second kappa shape index (κ2) is 4.01. The van der Waals surface area contributed by atoms with Crippen LogP contribution in [0.2, 0.25) is 0 Å². The molecule has 0 N–H and O–H groups in total. The van der Waals surface area contributed by atoms with Gasteiger partial charge in [-0.05, 0) is 13.3 Å². The Morgan fingerprint density at radius 1 is 1.56 bits per heavy atom. The first-order chi connectivity index (χ1) is 4.22. The maximum atomic E-state index is 10.5. The Kier molecular flexibility index (Phi) is 3.60. The third-order valence-corrected chi connectivity index (χ3v) is 0.958. The number of hydrogen-bond acceptors (Lipinski definition) is 2. The molecule has 0 saturated carbocycles. The summed E-state index contributed by atoms with van der Waals surface area (Å²) in [6, 6.07) is 0. The van der Waals surface area contributed by atoms with E-state index in [1.807, 2.05) is 6.92 Å². The van der Waals surface area contributed by atoms with E-state index >= 15 is 0 Å². The van der Waals surface area contributed by atoms with Crippen LogP contribution in [0.25, 0.3) is 0 Å². The minimum absolute atomic E-state index is 0.160. The van der Waals surface area contributed by atoms with E-state index < -0.39 is 0 Å². The summed E-state index contributed by atoms with van der Waals surface area (Å²) in [6.45, 7) is 3.27. The third kappa shape index (κ3) is 2.80. The Labute approximate surface area is 54.6 Å². The lowest BCUT2D eigenvalue weighted by molar-refractivity contribution is -0.115. The summed E-state index contributed by atoms with van der Waals surface area (Å²) in [4.78, 5) is 20.5. The molecule has 0 radical (unpaired) electrons. The maximum absolute atomic E-state index is 10.5. The highest BCUT2D eigenvalue weighted by Crippen LogP contribution is 1.92. The second-order valence-electron chi connectivity index (χ2n) is 1.74. The number of aldehydes is 1. The van der Waals surface area contributed by atoms with E-state index in [-0.39, 0.29) is 11.4 Å². The van der Waals surface area contributed by atoms with Crippen LogP contribution >= 0.6 is 0 Å². The summed E-state index contributed by atoms with van der Waals surface area (Å²) in [7, 11) is 0. The zero-order valence-corrected chi connectivity index (χ0v) is 5.68. The zero-order valence-electron chi connectivity index (χ0n) is 5.68. The van der Waals surface area contributed by atoms with Crippen molar-refractivity contribution in [3.8, 4) is 0 Å². The molecule has 0 aliphatic rings. The summed E-state index contributed by atoms with van der Waals surface area (Å²) in [6.07, 6.45) is 2.94. The van der Waals surface area contributed by atoms with Gasteiger partial charge >= 0.3 is 0 Å². The van der Waals surface area contributed by atoms with E-state index in [2.05, 4.69) is 0 Å². The quantitative estimate of drug-likeness (QED) is 0.246. The van der Waals surface area contributed by atoms with E-state index in [4.69, 9.17) is 0 Å². The molecule has 0 unspecified atom stereocenters. The molecule has 0 atom stereocenters. The van der Waals surface area contributed by atoms with Crippen LogP contribution < -0.4 is 0 Å². The van der Waals surface area contributed by atoms with Crippen molar-refractivity contribution < 1.29 is 9.59 Å². The normalized spacial score (nSPS) is 11.1. The van der Waals surface area contributed by atoms with Crippen LogP contribution in [0.1, 0.15) is 20.3 Å². The molecular formula is C7H10O2. The minimum atomic E-state index is -0.160. The lowest BCUT2D eigenvalue weighted by Gasteiger charge is -1.87. The first kappa shape index (κ1) is 8.08. The van der Waals surface area contributed by atoms with Gasteiger partial charge in [-0.3, -0.25) is 9.59 Å². The van der Waals surface area contributed by atoms with Gasteiger partial charge in [0.1, 0.15) is 0 Å². The SMILES string of the molecule is CCC=C(C=O)C(C)=O. The highest BCUT2D eigenvalue weighted by molar-refractivity contribution is 6.10. The topological polar surface area (TPSA) is 34.1 Å².